The van der Waals surface area contributed by atoms with E-state index in [-0.39, 0.29) is 0 Å². The number of rotatable bonds is 6. The zero-order valence-corrected chi connectivity index (χ0v) is 17.7. The molecule has 1 fully saturated rings. The number of anilines is 2. The van der Waals surface area contributed by atoms with E-state index in [9.17, 15) is 0 Å². The maximum Gasteiger partial charge on any atom is 0.188 e. The van der Waals surface area contributed by atoms with Gasteiger partial charge in [-0.3, -0.25) is 4.90 Å². The first-order chi connectivity index (χ1) is 14.2. The van der Waals surface area contributed by atoms with Crippen molar-refractivity contribution in [2.24, 2.45) is 0 Å². The van der Waals surface area contributed by atoms with Crippen LogP contribution >= 0.6 is 23.1 Å². The lowest BCUT2D eigenvalue weighted by atomic mass is 9.94. The Kier molecular flexibility index (Phi) is 6.34. The summed E-state index contributed by atoms with van der Waals surface area (Å²) >= 11 is 3.14. The zero-order valence-electron chi connectivity index (χ0n) is 16.1. The van der Waals surface area contributed by atoms with Crippen LogP contribution in [0.2, 0.25) is 0 Å². The smallest absolute Gasteiger partial charge is 0.188 e. The standard InChI is InChI=1S/C20H21N7S2/c1-28-19-23-10-15(11-24-19)12-27-6-3-16(4-7-27)17-13-29-20(25-17)26-18-8-14(9-21)2-5-22-18/h2,5,8,10-11,13,16H,3-4,6-7,12H2,1H3,(H,22,25,26). The van der Waals surface area contributed by atoms with Crippen LogP contribution in [0.3, 0.4) is 0 Å². The van der Waals surface area contributed by atoms with Gasteiger partial charge in [0.05, 0.1) is 17.3 Å². The molecule has 9 heteroatoms. The molecule has 0 atom stereocenters. The van der Waals surface area contributed by atoms with Crippen molar-refractivity contribution in [1.29, 1.82) is 5.26 Å². The SMILES string of the molecule is CSc1ncc(CN2CCC(c3csc(Nc4cc(C#N)ccn4)n3)CC2)cn1. The number of nitrogens with one attached hydrogen (secondary N) is 1. The molecule has 0 aromatic carbocycles. The zero-order chi connectivity index (χ0) is 20.1. The first-order valence-corrected chi connectivity index (χ1v) is 11.5. The Bertz CT molecular complexity index is 989. The topological polar surface area (TPSA) is 90.6 Å². The number of nitrogens with zero attached hydrogens (tertiary/aromatic N) is 6. The first kappa shape index (κ1) is 19.8. The van der Waals surface area contributed by atoms with Crippen molar-refractivity contribution in [3.63, 3.8) is 0 Å². The molecule has 0 bridgehead atoms. The van der Waals surface area contributed by atoms with Gasteiger partial charge in [0.25, 0.3) is 0 Å². The van der Waals surface area contributed by atoms with E-state index in [2.05, 4.69) is 36.6 Å². The lowest BCUT2D eigenvalue weighted by Crippen LogP contribution is -2.32. The van der Waals surface area contributed by atoms with Gasteiger partial charge in [0, 0.05) is 42.0 Å². The summed E-state index contributed by atoms with van der Waals surface area (Å²) in [5.74, 6) is 1.13. The summed E-state index contributed by atoms with van der Waals surface area (Å²) in [6, 6.07) is 5.55. The van der Waals surface area contributed by atoms with Gasteiger partial charge in [-0.05, 0) is 44.3 Å². The maximum absolute atomic E-state index is 9.01. The summed E-state index contributed by atoms with van der Waals surface area (Å²) in [5.41, 5.74) is 2.88. The van der Waals surface area contributed by atoms with Crippen LogP contribution < -0.4 is 5.32 Å². The van der Waals surface area contributed by atoms with Gasteiger partial charge < -0.3 is 5.32 Å². The first-order valence-electron chi connectivity index (χ1n) is 9.39. The molecule has 3 aromatic heterocycles. The molecular weight excluding hydrogens is 402 g/mol. The molecule has 1 N–H and O–H groups in total. The van der Waals surface area contributed by atoms with Gasteiger partial charge in [-0.25, -0.2) is 19.9 Å². The molecule has 29 heavy (non-hydrogen) atoms. The number of aromatic nitrogens is 4. The van der Waals surface area contributed by atoms with Gasteiger partial charge >= 0.3 is 0 Å². The number of pyridine rings is 1. The molecular formula is C20H21N7S2. The van der Waals surface area contributed by atoms with Crippen molar-refractivity contribution >= 4 is 34.0 Å². The quantitative estimate of drug-likeness (QED) is 0.469. The molecule has 3 aromatic rings. The Hall–Kier alpha value is -2.54. The predicted octanol–water partition coefficient (Wildman–Crippen LogP) is 4.04. The van der Waals surface area contributed by atoms with E-state index in [0.29, 0.717) is 17.3 Å². The summed E-state index contributed by atoms with van der Waals surface area (Å²) in [5, 5.41) is 16.0. The molecule has 7 nitrogen and oxygen atoms in total. The summed E-state index contributed by atoms with van der Waals surface area (Å²) in [7, 11) is 0. The highest BCUT2D eigenvalue weighted by Gasteiger charge is 2.23. The van der Waals surface area contributed by atoms with Gasteiger partial charge in [-0.1, -0.05) is 11.8 Å². The number of hydrogen-bond donors (Lipinski definition) is 1. The van der Waals surface area contributed by atoms with Crippen LogP contribution in [-0.2, 0) is 6.54 Å². The second-order valence-corrected chi connectivity index (χ2v) is 8.50. The maximum atomic E-state index is 9.01. The fourth-order valence-corrected chi connectivity index (χ4v) is 4.50. The lowest BCUT2D eigenvalue weighted by Gasteiger charge is -2.31. The van der Waals surface area contributed by atoms with Crippen LogP contribution in [0, 0.1) is 11.3 Å². The van der Waals surface area contributed by atoms with E-state index in [1.165, 1.54) is 0 Å². The predicted molar refractivity (Wildman–Crippen MR) is 115 cm³/mol. The van der Waals surface area contributed by atoms with Crippen LogP contribution in [0.1, 0.15) is 35.6 Å². The Balaban J connectivity index is 1.31. The van der Waals surface area contributed by atoms with Crippen molar-refractivity contribution in [2.75, 3.05) is 24.7 Å². The van der Waals surface area contributed by atoms with Gasteiger partial charge in [0.1, 0.15) is 5.82 Å². The Labute approximate surface area is 178 Å². The van der Waals surface area contributed by atoms with Crippen LogP contribution in [0.4, 0.5) is 10.9 Å². The molecule has 0 amide bonds. The molecule has 0 aliphatic carbocycles. The number of hydrogen-bond acceptors (Lipinski definition) is 9. The summed E-state index contributed by atoms with van der Waals surface area (Å²) in [6.07, 6.45) is 9.66. The van der Waals surface area contributed by atoms with E-state index < -0.39 is 0 Å². The minimum absolute atomic E-state index is 0.478. The normalized spacial score (nSPS) is 15.2. The van der Waals surface area contributed by atoms with Crippen molar-refractivity contribution in [2.45, 2.75) is 30.5 Å². The number of thioether (sulfide) groups is 1. The highest BCUT2D eigenvalue weighted by Crippen LogP contribution is 2.31. The number of nitriles is 1. The fraction of sp³-hybridized carbons (Fsp3) is 0.350. The Morgan fingerprint density at radius 3 is 2.79 bits per heavy atom. The number of likely N-dealkylation sites (tertiary alicyclic amines) is 1. The molecule has 4 heterocycles. The number of piperidine rings is 1. The third kappa shape index (κ3) is 5.09. The molecule has 1 aliphatic rings. The van der Waals surface area contributed by atoms with E-state index >= 15 is 0 Å². The van der Waals surface area contributed by atoms with Crippen molar-refractivity contribution in [1.82, 2.24) is 24.8 Å². The Morgan fingerprint density at radius 1 is 1.28 bits per heavy atom. The largest absolute Gasteiger partial charge is 0.316 e. The molecule has 0 saturated carbocycles. The molecule has 4 rings (SSSR count). The average molecular weight is 424 g/mol. The summed E-state index contributed by atoms with van der Waals surface area (Å²) < 4.78 is 0. The molecule has 0 unspecified atom stereocenters. The number of thiazole rings is 1. The van der Waals surface area contributed by atoms with E-state index in [1.54, 1.807) is 41.4 Å². The summed E-state index contributed by atoms with van der Waals surface area (Å²) in [4.78, 5) is 20.2. The van der Waals surface area contributed by atoms with Gasteiger partial charge in [0.2, 0.25) is 0 Å². The Morgan fingerprint density at radius 2 is 2.07 bits per heavy atom. The third-order valence-electron chi connectivity index (χ3n) is 4.92. The second-order valence-electron chi connectivity index (χ2n) is 6.87. The van der Waals surface area contributed by atoms with Gasteiger partial charge in [-0.15, -0.1) is 11.3 Å². The second kappa shape index (κ2) is 9.31. The minimum atomic E-state index is 0.478. The van der Waals surface area contributed by atoms with Gasteiger partial charge in [-0.2, -0.15) is 5.26 Å². The molecule has 0 radical (unpaired) electrons. The fourth-order valence-electron chi connectivity index (χ4n) is 3.38. The van der Waals surface area contributed by atoms with Gasteiger partial charge in [0.15, 0.2) is 10.3 Å². The highest BCUT2D eigenvalue weighted by atomic mass is 32.2. The van der Waals surface area contributed by atoms with Crippen LogP contribution in [-0.4, -0.2) is 44.2 Å². The van der Waals surface area contributed by atoms with E-state index in [0.717, 1.165) is 54.0 Å². The van der Waals surface area contributed by atoms with Crippen molar-refractivity contribution in [3.05, 3.63) is 52.9 Å². The minimum Gasteiger partial charge on any atom is -0.316 e. The third-order valence-corrected chi connectivity index (χ3v) is 6.27. The van der Waals surface area contributed by atoms with Crippen molar-refractivity contribution < 1.29 is 0 Å². The summed E-state index contributed by atoms with van der Waals surface area (Å²) in [6.45, 7) is 2.98. The highest BCUT2D eigenvalue weighted by molar-refractivity contribution is 7.98. The van der Waals surface area contributed by atoms with Crippen LogP contribution in [0.25, 0.3) is 0 Å². The van der Waals surface area contributed by atoms with Crippen LogP contribution in [0.5, 0.6) is 0 Å². The lowest BCUT2D eigenvalue weighted by molar-refractivity contribution is 0.203. The van der Waals surface area contributed by atoms with E-state index in [1.807, 2.05) is 18.6 Å². The monoisotopic (exact) mass is 423 g/mol. The van der Waals surface area contributed by atoms with Crippen molar-refractivity contribution in [3.8, 4) is 6.07 Å². The van der Waals surface area contributed by atoms with E-state index in [4.69, 9.17) is 10.2 Å². The average Bonchev–Trinajstić information content (AvgIpc) is 3.23. The molecule has 1 aliphatic heterocycles. The molecule has 148 valence electrons. The molecule has 1 saturated heterocycles. The molecule has 0 spiro atoms. The van der Waals surface area contributed by atoms with Crippen LogP contribution in [0.15, 0.2) is 41.3 Å².